The number of hydrogen-bond donors (Lipinski definition) is 1. The molecule has 2 rings (SSSR count). The summed E-state index contributed by atoms with van der Waals surface area (Å²) in [5.74, 6) is -4.17. The minimum Gasteiger partial charge on any atom is -0.320 e. The van der Waals surface area contributed by atoms with Gasteiger partial charge in [0.2, 0.25) is 0 Å². The molecule has 1 atom stereocenters. The standard InChI is InChI=1S/C13H8ClF4N/c14-6-1-2-9(16)8(3-6)13(19)12-10(17)4-7(15)5-11(12)18/h1-5,13H,19H2. The SMILES string of the molecule is NC(c1cc(Cl)ccc1F)c1c(F)cc(F)cc1F. The lowest BCUT2D eigenvalue weighted by Gasteiger charge is -2.15. The largest absolute Gasteiger partial charge is 0.320 e. The summed E-state index contributed by atoms with van der Waals surface area (Å²) in [7, 11) is 0. The van der Waals surface area contributed by atoms with Gasteiger partial charge in [0.15, 0.2) is 0 Å². The lowest BCUT2D eigenvalue weighted by Crippen LogP contribution is -2.17. The van der Waals surface area contributed by atoms with Crippen LogP contribution in [-0.2, 0) is 0 Å². The monoisotopic (exact) mass is 289 g/mol. The Morgan fingerprint density at radius 3 is 2.05 bits per heavy atom. The fourth-order valence-corrected chi connectivity index (χ4v) is 1.94. The highest BCUT2D eigenvalue weighted by molar-refractivity contribution is 6.30. The first-order chi connectivity index (χ1) is 8.90. The zero-order chi connectivity index (χ0) is 14.2. The lowest BCUT2D eigenvalue weighted by molar-refractivity contribution is 0.509. The molecule has 2 N–H and O–H groups in total. The Labute approximate surface area is 111 Å². The molecule has 1 unspecified atom stereocenters. The maximum atomic E-state index is 13.6. The van der Waals surface area contributed by atoms with Crippen molar-refractivity contribution < 1.29 is 17.6 Å². The fourth-order valence-electron chi connectivity index (χ4n) is 1.76. The van der Waals surface area contributed by atoms with Gasteiger partial charge in [-0.15, -0.1) is 0 Å². The molecular formula is C13H8ClF4N. The molecule has 19 heavy (non-hydrogen) atoms. The minimum absolute atomic E-state index is 0.170. The van der Waals surface area contributed by atoms with E-state index in [0.717, 1.165) is 6.07 Å². The van der Waals surface area contributed by atoms with Crippen LogP contribution in [0.15, 0.2) is 30.3 Å². The fraction of sp³-hybridized carbons (Fsp3) is 0.0769. The number of halogens is 5. The Bertz CT molecular complexity index is 607. The third-order valence-electron chi connectivity index (χ3n) is 2.65. The summed E-state index contributed by atoms with van der Waals surface area (Å²) in [4.78, 5) is 0. The summed E-state index contributed by atoms with van der Waals surface area (Å²) in [5, 5.41) is 0.176. The zero-order valence-electron chi connectivity index (χ0n) is 9.43. The van der Waals surface area contributed by atoms with Crippen LogP contribution in [-0.4, -0.2) is 0 Å². The normalized spacial score (nSPS) is 12.5. The molecule has 0 saturated heterocycles. The molecule has 1 nitrogen and oxygen atoms in total. The molecule has 0 aliphatic heterocycles. The molecule has 0 heterocycles. The van der Waals surface area contributed by atoms with E-state index in [2.05, 4.69) is 0 Å². The van der Waals surface area contributed by atoms with Crippen molar-refractivity contribution in [2.24, 2.45) is 5.73 Å². The molecule has 6 heteroatoms. The quantitative estimate of drug-likeness (QED) is 0.833. The van der Waals surface area contributed by atoms with E-state index in [0.29, 0.717) is 12.1 Å². The summed E-state index contributed by atoms with van der Waals surface area (Å²) in [6, 6.07) is 3.05. The van der Waals surface area contributed by atoms with Crippen LogP contribution in [0.25, 0.3) is 0 Å². The second kappa shape index (κ2) is 5.19. The van der Waals surface area contributed by atoms with Crippen molar-refractivity contribution in [2.75, 3.05) is 0 Å². The van der Waals surface area contributed by atoms with Gasteiger partial charge in [0.1, 0.15) is 23.3 Å². The number of hydrogen-bond acceptors (Lipinski definition) is 1. The molecule has 0 fully saturated rings. The van der Waals surface area contributed by atoms with Crippen LogP contribution >= 0.6 is 11.6 Å². The van der Waals surface area contributed by atoms with E-state index in [1.807, 2.05) is 0 Å². The zero-order valence-corrected chi connectivity index (χ0v) is 10.2. The molecule has 0 aromatic heterocycles. The van der Waals surface area contributed by atoms with Crippen molar-refractivity contribution in [3.05, 3.63) is 69.8 Å². The van der Waals surface area contributed by atoms with Crippen LogP contribution in [0, 0.1) is 23.3 Å². The molecule has 0 saturated carbocycles. The average molecular weight is 290 g/mol. The van der Waals surface area contributed by atoms with E-state index in [1.54, 1.807) is 0 Å². The summed E-state index contributed by atoms with van der Waals surface area (Å²) in [6.07, 6.45) is 0. The third-order valence-corrected chi connectivity index (χ3v) is 2.88. The van der Waals surface area contributed by atoms with Crippen LogP contribution < -0.4 is 5.73 Å². The Kier molecular flexibility index (Phi) is 3.78. The lowest BCUT2D eigenvalue weighted by atomic mass is 9.98. The summed E-state index contributed by atoms with van der Waals surface area (Å²) in [6.45, 7) is 0. The van der Waals surface area contributed by atoms with E-state index >= 15 is 0 Å². The van der Waals surface area contributed by atoms with Crippen LogP contribution in [0.4, 0.5) is 17.6 Å². The Morgan fingerprint density at radius 2 is 1.47 bits per heavy atom. The van der Waals surface area contributed by atoms with Gasteiger partial charge in [0, 0.05) is 28.3 Å². The first kappa shape index (κ1) is 13.8. The third kappa shape index (κ3) is 2.72. The highest BCUT2D eigenvalue weighted by atomic mass is 35.5. The molecule has 0 amide bonds. The Morgan fingerprint density at radius 1 is 0.895 bits per heavy atom. The van der Waals surface area contributed by atoms with Gasteiger partial charge in [-0.3, -0.25) is 0 Å². The van der Waals surface area contributed by atoms with E-state index in [-0.39, 0.29) is 10.6 Å². The van der Waals surface area contributed by atoms with E-state index in [1.165, 1.54) is 12.1 Å². The molecular weight excluding hydrogens is 282 g/mol. The number of nitrogens with two attached hydrogens (primary N) is 1. The van der Waals surface area contributed by atoms with Gasteiger partial charge in [-0.25, -0.2) is 17.6 Å². The molecule has 100 valence electrons. The molecule has 2 aromatic rings. The predicted octanol–water partition coefficient (Wildman–Crippen LogP) is 3.94. The second-order valence-electron chi connectivity index (χ2n) is 3.93. The van der Waals surface area contributed by atoms with E-state index in [4.69, 9.17) is 17.3 Å². The molecule has 2 aromatic carbocycles. The maximum absolute atomic E-state index is 13.6. The minimum atomic E-state index is -1.42. The van der Waals surface area contributed by atoms with Crippen LogP contribution in [0.5, 0.6) is 0 Å². The van der Waals surface area contributed by atoms with Crippen LogP contribution in [0.3, 0.4) is 0 Å². The predicted molar refractivity (Wildman–Crippen MR) is 63.8 cm³/mol. The van der Waals surface area contributed by atoms with Crippen LogP contribution in [0.2, 0.25) is 5.02 Å². The number of rotatable bonds is 2. The van der Waals surface area contributed by atoms with Gasteiger partial charge in [-0.1, -0.05) is 11.6 Å². The summed E-state index contributed by atoms with van der Waals surface area (Å²) >= 11 is 5.68. The smallest absolute Gasteiger partial charge is 0.134 e. The molecule has 0 bridgehead atoms. The van der Waals surface area contributed by atoms with E-state index < -0.39 is 34.9 Å². The molecule has 0 aliphatic rings. The van der Waals surface area contributed by atoms with E-state index in [9.17, 15) is 17.6 Å². The van der Waals surface area contributed by atoms with Gasteiger partial charge in [0.25, 0.3) is 0 Å². The molecule has 0 spiro atoms. The Hall–Kier alpha value is -1.59. The van der Waals surface area contributed by atoms with Crippen LogP contribution in [0.1, 0.15) is 17.2 Å². The highest BCUT2D eigenvalue weighted by Crippen LogP contribution is 2.29. The van der Waals surface area contributed by atoms with Crippen molar-refractivity contribution in [3.63, 3.8) is 0 Å². The van der Waals surface area contributed by atoms with Gasteiger partial charge >= 0.3 is 0 Å². The highest BCUT2D eigenvalue weighted by Gasteiger charge is 2.22. The van der Waals surface area contributed by atoms with Gasteiger partial charge in [-0.05, 0) is 18.2 Å². The van der Waals surface area contributed by atoms with Gasteiger partial charge in [0.05, 0.1) is 6.04 Å². The second-order valence-corrected chi connectivity index (χ2v) is 4.36. The summed E-state index contributed by atoms with van der Waals surface area (Å²) < 4.78 is 53.5. The van der Waals surface area contributed by atoms with Gasteiger partial charge in [-0.2, -0.15) is 0 Å². The maximum Gasteiger partial charge on any atom is 0.134 e. The molecule has 0 radical (unpaired) electrons. The average Bonchev–Trinajstić information content (AvgIpc) is 2.30. The van der Waals surface area contributed by atoms with Crippen molar-refractivity contribution in [2.45, 2.75) is 6.04 Å². The van der Waals surface area contributed by atoms with Crippen molar-refractivity contribution >= 4 is 11.6 Å². The first-order valence-corrected chi connectivity index (χ1v) is 5.63. The number of benzene rings is 2. The van der Waals surface area contributed by atoms with Crippen molar-refractivity contribution in [1.82, 2.24) is 0 Å². The first-order valence-electron chi connectivity index (χ1n) is 5.25. The molecule has 0 aliphatic carbocycles. The van der Waals surface area contributed by atoms with Crippen molar-refractivity contribution in [3.8, 4) is 0 Å². The van der Waals surface area contributed by atoms with Crippen molar-refractivity contribution in [1.29, 1.82) is 0 Å². The topological polar surface area (TPSA) is 26.0 Å². The van der Waals surface area contributed by atoms with Gasteiger partial charge < -0.3 is 5.73 Å². The summed E-state index contributed by atoms with van der Waals surface area (Å²) in [5.41, 5.74) is 4.86. The Balaban J connectivity index is 2.56.